The van der Waals surface area contributed by atoms with E-state index >= 15 is 0 Å². The van der Waals surface area contributed by atoms with Crippen molar-refractivity contribution >= 4 is 5.91 Å². The Kier molecular flexibility index (Phi) is 5.84. The Bertz CT molecular complexity index is 731. The van der Waals surface area contributed by atoms with Crippen LogP contribution in [0.5, 0.6) is 23.0 Å². The molecule has 1 heterocycles. The summed E-state index contributed by atoms with van der Waals surface area (Å²) in [5.74, 6) is 2.73. The first-order chi connectivity index (χ1) is 12.7. The number of methoxy groups -OCH3 is 1. The number of carbonyl (C=O) groups is 1. The minimum absolute atomic E-state index is 0.0235. The maximum atomic E-state index is 12.5. The molecular weight excluding hydrogens is 334 g/mol. The van der Waals surface area contributed by atoms with Gasteiger partial charge in [0.2, 0.25) is 0 Å². The zero-order chi connectivity index (χ0) is 18.4. The van der Waals surface area contributed by atoms with E-state index in [4.69, 9.17) is 18.9 Å². The third-order valence-corrected chi connectivity index (χ3v) is 4.15. The summed E-state index contributed by atoms with van der Waals surface area (Å²) in [5, 5.41) is 0. The van der Waals surface area contributed by atoms with Crippen molar-refractivity contribution in [2.45, 2.75) is 13.0 Å². The molecule has 26 heavy (non-hydrogen) atoms. The van der Waals surface area contributed by atoms with Gasteiger partial charge in [-0.05, 0) is 43.3 Å². The van der Waals surface area contributed by atoms with Gasteiger partial charge in [0.15, 0.2) is 24.2 Å². The number of carbonyl (C=O) groups excluding carboxylic acids is 1. The first kappa shape index (κ1) is 17.9. The summed E-state index contributed by atoms with van der Waals surface area (Å²) in [4.78, 5) is 14.2. The zero-order valence-corrected chi connectivity index (χ0v) is 15.0. The number of para-hydroxylation sites is 2. The van der Waals surface area contributed by atoms with Crippen LogP contribution in [0.1, 0.15) is 6.92 Å². The SMILES string of the molecule is CCN(C[C@@H]1COc2ccccc2O1)C(=O)COc1ccc(OC)cc1. The number of likely N-dealkylation sites (N-methyl/N-ethyl adjacent to an activating group) is 1. The number of ether oxygens (including phenoxy) is 4. The number of amides is 1. The van der Waals surface area contributed by atoms with Crippen molar-refractivity contribution < 1.29 is 23.7 Å². The molecule has 0 saturated carbocycles. The molecule has 0 radical (unpaired) electrons. The molecule has 0 aromatic heterocycles. The molecule has 0 saturated heterocycles. The number of hydrogen-bond donors (Lipinski definition) is 0. The summed E-state index contributed by atoms with van der Waals surface area (Å²) >= 11 is 0. The molecule has 1 atom stereocenters. The molecule has 0 bridgehead atoms. The van der Waals surface area contributed by atoms with Crippen LogP contribution in [-0.2, 0) is 4.79 Å². The van der Waals surface area contributed by atoms with E-state index in [0.717, 1.165) is 11.5 Å². The van der Waals surface area contributed by atoms with Gasteiger partial charge in [0.25, 0.3) is 5.91 Å². The van der Waals surface area contributed by atoms with Crippen molar-refractivity contribution in [2.75, 3.05) is 33.4 Å². The molecule has 0 unspecified atom stereocenters. The highest BCUT2D eigenvalue weighted by Gasteiger charge is 2.24. The normalized spacial score (nSPS) is 15.2. The molecule has 6 heteroatoms. The molecule has 3 rings (SSSR count). The molecule has 1 aliphatic rings. The lowest BCUT2D eigenvalue weighted by atomic mass is 10.2. The highest BCUT2D eigenvalue weighted by molar-refractivity contribution is 5.77. The number of hydrogen-bond acceptors (Lipinski definition) is 5. The Hall–Kier alpha value is -2.89. The van der Waals surface area contributed by atoms with Gasteiger partial charge in [0, 0.05) is 6.54 Å². The van der Waals surface area contributed by atoms with Crippen molar-refractivity contribution in [3.05, 3.63) is 48.5 Å². The van der Waals surface area contributed by atoms with Crippen molar-refractivity contribution in [1.29, 1.82) is 0 Å². The van der Waals surface area contributed by atoms with E-state index in [0.29, 0.717) is 31.2 Å². The Balaban J connectivity index is 1.52. The molecule has 0 N–H and O–H groups in total. The van der Waals surface area contributed by atoms with E-state index in [1.807, 2.05) is 31.2 Å². The van der Waals surface area contributed by atoms with Gasteiger partial charge in [0.05, 0.1) is 13.7 Å². The van der Waals surface area contributed by atoms with Crippen molar-refractivity contribution in [1.82, 2.24) is 4.90 Å². The topological polar surface area (TPSA) is 57.2 Å². The van der Waals surface area contributed by atoms with Gasteiger partial charge in [-0.15, -0.1) is 0 Å². The van der Waals surface area contributed by atoms with E-state index in [2.05, 4.69) is 0 Å². The number of rotatable bonds is 7. The summed E-state index contributed by atoms with van der Waals surface area (Å²) in [5.41, 5.74) is 0. The van der Waals surface area contributed by atoms with Crippen LogP contribution in [0.2, 0.25) is 0 Å². The molecule has 2 aromatic rings. The highest BCUT2D eigenvalue weighted by Crippen LogP contribution is 2.31. The molecule has 138 valence electrons. The second-order valence-corrected chi connectivity index (χ2v) is 5.89. The van der Waals surface area contributed by atoms with Crippen LogP contribution >= 0.6 is 0 Å². The number of fused-ring (bicyclic) bond motifs is 1. The van der Waals surface area contributed by atoms with Gasteiger partial charge >= 0.3 is 0 Å². The van der Waals surface area contributed by atoms with Crippen LogP contribution in [0.15, 0.2) is 48.5 Å². The van der Waals surface area contributed by atoms with Crippen molar-refractivity contribution in [3.8, 4) is 23.0 Å². The van der Waals surface area contributed by atoms with E-state index in [-0.39, 0.29) is 18.6 Å². The first-order valence-electron chi connectivity index (χ1n) is 8.62. The summed E-state index contributed by atoms with van der Waals surface area (Å²) < 4.78 is 22.3. The maximum absolute atomic E-state index is 12.5. The van der Waals surface area contributed by atoms with Crippen LogP contribution in [0.4, 0.5) is 0 Å². The maximum Gasteiger partial charge on any atom is 0.260 e. The fourth-order valence-electron chi connectivity index (χ4n) is 2.71. The largest absolute Gasteiger partial charge is 0.497 e. The lowest BCUT2D eigenvalue weighted by molar-refractivity contribution is -0.134. The lowest BCUT2D eigenvalue weighted by Gasteiger charge is -2.30. The number of benzene rings is 2. The molecule has 0 fully saturated rings. The third kappa shape index (κ3) is 4.39. The first-order valence-corrected chi connectivity index (χ1v) is 8.62. The Morgan fingerprint density at radius 1 is 1.12 bits per heavy atom. The summed E-state index contributed by atoms with van der Waals surface area (Å²) in [6, 6.07) is 14.7. The molecular formula is C20H23NO5. The van der Waals surface area contributed by atoms with Crippen LogP contribution in [0.3, 0.4) is 0 Å². The van der Waals surface area contributed by atoms with Crippen LogP contribution in [0.25, 0.3) is 0 Å². The van der Waals surface area contributed by atoms with Crippen molar-refractivity contribution in [2.24, 2.45) is 0 Å². The van der Waals surface area contributed by atoms with Gasteiger partial charge in [-0.25, -0.2) is 0 Å². The Morgan fingerprint density at radius 2 is 1.81 bits per heavy atom. The van der Waals surface area contributed by atoms with Crippen LogP contribution in [0, 0.1) is 0 Å². The lowest BCUT2D eigenvalue weighted by Crippen LogP contribution is -2.45. The Labute approximate surface area is 153 Å². The molecule has 1 amide bonds. The number of nitrogens with zero attached hydrogens (tertiary/aromatic N) is 1. The fourth-order valence-corrected chi connectivity index (χ4v) is 2.71. The van der Waals surface area contributed by atoms with Crippen LogP contribution in [-0.4, -0.2) is 50.3 Å². The van der Waals surface area contributed by atoms with E-state index in [1.54, 1.807) is 36.3 Å². The van der Waals surface area contributed by atoms with E-state index < -0.39 is 0 Å². The molecule has 2 aromatic carbocycles. The smallest absolute Gasteiger partial charge is 0.260 e. The minimum atomic E-state index is -0.199. The second kappa shape index (κ2) is 8.47. The average Bonchev–Trinajstić information content (AvgIpc) is 2.70. The molecule has 1 aliphatic heterocycles. The second-order valence-electron chi connectivity index (χ2n) is 5.89. The quantitative estimate of drug-likeness (QED) is 0.763. The van der Waals surface area contributed by atoms with E-state index in [1.165, 1.54) is 0 Å². The summed E-state index contributed by atoms with van der Waals surface area (Å²) in [6.45, 7) is 3.36. The average molecular weight is 357 g/mol. The third-order valence-electron chi connectivity index (χ3n) is 4.15. The minimum Gasteiger partial charge on any atom is -0.497 e. The van der Waals surface area contributed by atoms with Crippen LogP contribution < -0.4 is 18.9 Å². The Morgan fingerprint density at radius 3 is 2.50 bits per heavy atom. The van der Waals surface area contributed by atoms with Crippen molar-refractivity contribution in [3.63, 3.8) is 0 Å². The van der Waals surface area contributed by atoms with Gasteiger partial charge in [-0.1, -0.05) is 12.1 Å². The summed E-state index contributed by atoms with van der Waals surface area (Å²) in [6.07, 6.45) is -0.199. The molecule has 0 spiro atoms. The predicted molar refractivity (Wildman–Crippen MR) is 97.1 cm³/mol. The van der Waals surface area contributed by atoms with Gasteiger partial charge in [0.1, 0.15) is 18.1 Å². The zero-order valence-electron chi connectivity index (χ0n) is 15.0. The van der Waals surface area contributed by atoms with Gasteiger partial charge in [-0.2, -0.15) is 0 Å². The fraction of sp³-hybridized carbons (Fsp3) is 0.350. The highest BCUT2D eigenvalue weighted by atomic mass is 16.6. The van der Waals surface area contributed by atoms with Gasteiger partial charge in [-0.3, -0.25) is 4.79 Å². The van der Waals surface area contributed by atoms with E-state index in [9.17, 15) is 4.79 Å². The molecule has 6 nitrogen and oxygen atoms in total. The monoisotopic (exact) mass is 357 g/mol. The predicted octanol–water partition coefficient (Wildman–Crippen LogP) is 2.76. The summed E-state index contributed by atoms with van der Waals surface area (Å²) in [7, 11) is 1.61. The molecule has 0 aliphatic carbocycles. The van der Waals surface area contributed by atoms with Gasteiger partial charge < -0.3 is 23.8 Å². The standard InChI is InChI=1S/C20H23NO5/c1-3-21(12-17-13-25-18-6-4-5-7-19(18)26-17)20(22)14-24-16-10-8-15(23-2)9-11-16/h4-11,17H,3,12-14H2,1-2H3/t17-/m1/s1.